The highest BCUT2D eigenvalue weighted by Crippen LogP contribution is 2.30. The first-order chi connectivity index (χ1) is 8.27. The maximum Gasteiger partial charge on any atom is 0.0353 e. The number of hydrogen-bond acceptors (Lipinski definition) is 3. The number of thiophene rings is 2. The van der Waals surface area contributed by atoms with Gasteiger partial charge in [0.2, 0.25) is 0 Å². The predicted molar refractivity (Wildman–Crippen MR) is 78.9 cm³/mol. The summed E-state index contributed by atoms with van der Waals surface area (Å²) in [6.45, 7) is 1.10. The molecule has 0 bridgehead atoms. The molecule has 2 aromatic heterocycles. The summed E-state index contributed by atoms with van der Waals surface area (Å²) in [5, 5.41) is 4.28. The minimum absolute atomic E-state index is 1.10. The summed E-state index contributed by atoms with van der Waals surface area (Å²) in [7, 11) is 4.23. The lowest BCUT2D eigenvalue weighted by Crippen LogP contribution is -2.11. The van der Waals surface area contributed by atoms with Crippen molar-refractivity contribution in [2.45, 2.75) is 6.42 Å². The third kappa shape index (κ3) is 3.53. The maximum atomic E-state index is 2.36. The van der Waals surface area contributed by atoms with Crippen molar-refractivity contribution in [3.05, 3.63) is 50.9 Å². The van der Waals surface area contributed by atoms with Gasteiger partial charge < -0.3 is 4.90 Å². The van der Waals surface area contributed by atoms with Gasteiger partial charge in [0.1, 0.15) is 0 Å². The quantitative estimate of drug-likeness (QED) is 0.781. The molecule has 0 saturated carbocycles. The average molecular weight is 263 g/mol. The van der Waals surface area contributed by atoms with Crippen LogP contribution in [0.5, 0.6) is 0 Å². The molecule has 0 amide bonds. The van der Waals surface area contributed by atoms with Crippen LogP contribution in [0, 0.1) is 0 Å². The molecule has 0 atom stereocenters. The van der Waals surface area contributed by atoms with Crippen molar-refractivity contribution in [1.82, 2.24) is 4.90 Å². The van der Waals surface area contributed by atoms with Crippen molar-refractivity contribution in [2.24, 2.45) is 0 Å². The lowest BCUT2D eigenvalue weighted by Gasteiger charge is -2.08. The minimum atomic E-state index is 1.10. The molecule has 2 rings (SSSR count). The van der Waals surface area contributed by atoms with Crippen molar-refractivity contribution < 1.29 is 0 Å². The molecule has 0 radical (unpaired) electrons. The van der Waals surface area contributed by atoms with Crippen LogP contribution in [0.2, 0.25) is 0 Å². The third-order valence-electron chi connectivity index (χ3n) is 2.50. The Hall–Kier alpha value is -0.900. The van der Waals surface area contributed by atoms with E-state index in [1.807, 2.05) is 22.7 Å². The largest absolute Gasteiger partial charge is 0.309 e. The molecule has 0 aliphatic carbocycles. The average Bonchev–Trinajstić information content (AvgIpc) is 2.97. The molecule has 2 heterocycles. The molecule has 3 heteroatoms. The second kappa shape index (κ2) is 6.15. The molecule has 0 unspecified atom stereocenters. The highest BCUT2D eigenvalue weighted by Gasteiger charge is 2.06. The van der Waals surface area contributed by atoms with Crippen LogP contribution in [-0.4, -0.2) is 25.5 Å². The normalized spacial score (nSPS) is 10.8. The molecule has 0 aliphatic heterocycles. The van der Waals surface area contributed by atoms with Gasteiger partial charge in [-0.1, -0.05) is 18.2 Å². The van der Waals surface area contributed by atoms with Gasteiger partial charge in [-0.3, -0.25) is 0 Å². The van der Waals surface area contributed by atoms with Crippen LogP contribution in [0.4, 0.5) is 0 Å². The van der Waals surface area contributed by atoms with Crippen LogP contribution in [-0.2, 0) is 0 Å². The monoisotopic (exact) mass is 263 g/mol. The van der Waals surface area contributed by atoms with Gasteiger partial charge in [0.15, 0.2) is 0 Å². The summed E-state index contributed by atoms with van der Waals surface area (Å²) >= 11 is 3.63. The highest BCUT2D eigenvalue weighted by molar-refractivity contribution is 7.13. The highest BCUT2D eigenvalue weighted by atomic mass is 32.1. The van der Waals surface area contributed by atoms with Gasteiger partial charge in [0, 0.05) is 21.9 Å². The van der Waals surface area contributed by atoms with E-state index in [9.17, 15) is 0 Å². The van der Waals surface area contributed by atoms with Crippen LogP contribution >= 0.6 is 22.7 Å². The van der Waals surface area contributed by atoms with E-state index in [1.165, 1.54) is 15.3 Å². The molecule has 0 N–H and O–H groups in total. The Morgan fingerprint density at radius 2 is 1.71 bits per heavy atom. The van der Waals surface area contributed by atoms with Crippen LogP contribution in [0.1, 0.15) is 16.2 Å². The van der Waals surface area contributed by atoms with Crippen molar-refractivity contribution in [1.29, 1.82) is 0 Å². The lowest BCUT2D eigenvalue weighted by molar-refractivity contribution is 0.417. The summed E-state index contributed by atoms with van der Waals surface area (Å²) in [5.41, 5.74) is 1.39. The Morgan fingerprint density at radius 1 is 1.12 bits per heavy atom. The van der Waals surface area contributed by atoms with Crippen molar-refractivity contribution in [3.8, 4) is 0 Å². The molecule has 0 aliphatic rings. The lowest BCUT2D eigenvalue weighted by atomic mass is 10.1. The first kappa shape index (κ1) is 12.6. The van der Waals surface area contributed by atoms with Crippen LogP contribution in [0.15, 0.2) is 41.1 Å². The zero-order chi connectivity index (χ0) is 12.1. The van der Waals surface area contributed by atoms with Crippen LogP contribution < -0.4 is 0 Å². The Labute approximate surface area is 111 Å². The van der Waals surface area contributed by atoms with Gasteiger partial charge in [-0.15, -0.1) is 22.7 Å². The number of nitrogens with zero attached hydrogens (tertiary/aromatic N) is 1. The molecule has 0 saturated heterocycles. The molecule has 0 spiro atoms. The molecule has 0 fully saturated rings. The molecular weight excluding hydrogens is 246 g/mol. The van der Waals surface area contributed by atoms with Crippen molar-refractivity contribution in [3.63, 3.8) is 0 Å². The minimum Gasteiger partial charge on any atom is -0.309 e. The Morgan fingerprint density at radius 3 is 2.12 bits per heavy atom. The topological polar surface area (TPSA) is 3.24 Å². The Bertz CT molecular complexity index is 416. The van der Waals surface area contributed by atoms with E-state index in [4.69, 9.17) is 0 Å². The summed E-state index contributed by atoms with van der Waals surface area (Å²) in [5.74, 6) is 0. The van der Waals surface area contributed by atoms with Crippen molar-refractivity contribution in [2.75, 3.05) is 20.6 Å². The van der Waals surface area contributed by atoms with Gasteiger partial charge >= 0.3 is 0 Å². The van der Waals surface area contributed by atoms with Crippen molar-refractivity contribution >= 4 is 28.2 Å². The zero-order valence-corrected chi connectivity index (χ0v) is 11.9. The van der Waals surface area contributed by atoms with Crippen LogP contribution in [0.3, 0.4) is 0 Å². The summed E-state index contributed by atoms with van der Waals surface area (Å²) in [6.07, 6.45) is 3.45. The second-order valence-corrected chi connectivity index (χ2v) is 6.06. The first-order valence-electron chi connectivity index (χ1n) is 5.70. The summed E-state index contributed by atoms with van der Waals surface area (Å²) in [6, 6.07) is 8.64. The fourth-order valence-electron chi connectivity index (χ4n) is 1.65. The van der Waals surface area contributed by atoms with E-state index >= 15 is 0 Å². The molecule has 0 aromatic carbocycles. The van der Waals surface area contributed by atoms with Gasteiger partial charge in [0.05, 0.1) is 0 Å². The summed E-state index contributed by atoms with van der Waals surface area (Å²) in [4.78, 5) is 4.95. The van der Waals surface area contributed by atoms with E-state index in [0.717, 1.165) is 13.0 Å². The van der Waals surface area contributed by atoms with E-state index < -0.39 is 0 Å². The van der Waals surface area contributed by atoms with Gasteiger partial charge in [0.25, 0.3) is 0 Å². The van der Waals surface area contributed by atoms with E-state index in [-0.39, 0.29) is 0 Å². The Balaban J connectivity index is 2.19. The van der Waals surface area contributed by atoms with E-state index in [1.54, 1.807) is 0 Å². The van der Waals surface area contributed by atoms with E-state index in [0.29, 0.717) is 0 Å². The Kier molecular flexibility index (Phi) is 4.54. The maximum absolute atomic E-state index is 2.36. The van der Waals surface area contributed by atoms with Gasteiger partial charge in [-0.2, -0.15) is 0 Å². The molecule has 1 nitrogen and oxygen atoms in total. The number of hydrogen-bond donors (Lipinski definition) is 0. The third-order valence-corrected chi connectivity index (χ3v) is 4.30. The van der Waals surface area contributed by atoms with Gasteiger partial charge in [-0.25, -0.2) is 0 Å². The van der Waals surface area contributed by atoms with Crippen LogP contribution in [0.25, 0.3) is 5.57 Å². The molecule has 17 heavy (non-hydrogen) atoms. The molecular formula is C14H17NS2. The standard InChI is InChI=1S/C14H17NS2/c1-15(2)9-3-6-12(13-7-4-10-16-13)14-8-5-11-17-14/h4-8,10-11H,3,9H2,1-2H3. The predicted octanol–water partition coefficient (Wildman–Crippen LogP) is 4.19. The number of rotatable bonds is 5. The SMILES string of the molecule is CN(C)CCC=C(c1cccs1)c1cccs1. The second-order valence-electron chi connectivity index (χ2n) is 4.16. The first-order valence-corrected chi connectivity index (χ1v) is 7.46. The fraction of sp³-hybridized carbons (Fsp3) is 0.286. The zero-order valence-electron chi connectivity index (χ0n) is 10.2. The van der Waals surface area contributed by atoms with E-state index in [2.05, 4.69) is 60.1 Å². The smallest absolute Gasteiger partial charge is 0.0353 e. The van der Waals surface area contributed by atoms with Gasteiger partial charge in [-0.05, 0) is 43.4 Å². The molecule has 90 valence electrons. The molecule has 2 aromatic rings. The fourth-order valence-corrected chi connectivity index (χ4v) is 3.28. The summed E-state index contributed by atoms with van der Waals surface area (Å²) < 4.78 is 0.